The van der Waals surface area contributed by atoms with Gasteiger partial charge in [0.15, 0.2) is 0 Å². The van der Waals surface area contributed by atoms with Crippen molar-refractivity contribution in [2.24, 2.45) is 0 Å². The van der Waals surface area contributed by atoms with Crippen LogP contribution in [0.25, 0.3) is 0 Å². The van der Waals surface area contributed by atoms with Crippen LogP contribution in [-0.4, -0.2) is 27.0 Å². The van der Waals surface area contributed by atoms with Crippen LogP contribution >= 0.6 is 0 Å². The topological polar surface area (TPSA) is 59.3 Å². The lowest BCUT2D eigenvalue weighted by Crippen LogP contribution is -2.18. The van der Waals surface area contributed by atoms with E-state index in [1.54, 1.807) is 13.2 Å². The molecule has 1 N–H and O–H groups in total. The molecule has 1 aromatic heterocycles. The van der Waals surface area contributed by atoms with E-state index in [4.69, 9.17) is 4.42 Å². The van der Waals surface area contributed by atoms with Gasteiger partial charge in [-0.05, 0) is 32.9 Å². The highest BCUT2D eigenvalue weighted by Gasteiger charge is 2.15. The molecule has 1 aromatic rings. The Balaban J connectivity index is 2.52. The van der Waals surface area contributed by atoms with E-state index >= 15 is 0 Å². The highest BCUT2D eigenvalue weighted by atomic mass is 32.2. The molecule has 0 aliphatic rings. The second-order valence-electron chi connectivity index (χ2n) is 4.15. The van der Waals surface area contributed by atoms with Crippen molar-refractivity contribution in [2.45, 2.75) is 32.7 Å². The molecule has 5 heteroatoms. The zero-order valence-electron chi connectivity index (χ0n) is 10.7. The van der Waals surface area contributed by atoms with Crippen molar-refractivity contribution in [2.75, 3.05) is 18.6 Å². The molecule has 0 saturated heterocycles. The van der Waals surface area contributed by atoms with E-state index in [0.29, 0.717) is 6.42 Å². The molecular weight excluding hydrogens is 238 g/mol. The second-order valence-corrected chi connectivity index (χ2v) is 6.62. The molecule has 17 heavy (non-hydrogen) atoms. The highest BCUT2D eigenvalue weighted by Crippen LogP contribution is 2.22. The second kappa shape index (κ2) is 6.21. The summed E-state index contributed by atoms with van der Waals surface area (Å²) in [5.74, 6) is 1.38. The van der Waals surface area contributed by atoms with Crippen molar-refractivity contribution in [3.63, 3.8) is 0 Å². The molecule has 98 valence electrons. The Kier molecular flexibility index (Phi) is 5.21. The van der Waals surface area contributed by atoms with Crippen LogP contribution in [0.4, 0.5) is 0 Å². The molecule has 0 spiro atoms. The van der Waals surface area contributed by atoms with Gasteiger partial charge in [0, 0.05) is 17.4 Å². The fourth-order valence-corrected chi connectivity index (χ4v) is 2.76. The number of hydrogen-bond donors (Lipinski definition) is 1. The molecule has 0 bridgehead atoms. The first kappa shape index (κ1) is 14.3. The maximum atomic E-state index is 11.4. The Bertz CT molecular complexity index is 436. The van der Waals surface area contributed by atoms with Gasteiger partial charge in [-0.15, -0.1) is 0 Å². The largest absolute Gasteiger partial charge is 0.469 e. The predicted octanol–water partition coefficient (Wildman–Crippen LogP) is 2.06. The third kappa shape index (κ3) is 4.16. The molecule has 0 aromatic carbocycles. The van der Waals surface area contributed by atoms with Gasteiger partial charge >= 0.3 is 0 Å². The molecule has 1 atom stereocenters. The molecule has 0 radical (unpaired) electrons. The Morgan fingerprint density at radius 2 is 2.18 bits per heavy atom. The van der Waals surface area contributed by atoms with Crippen molar-refractivity contribution in [3.05, 3.63) is 23.7 Å². The third-order valence-corrected chi connectivity index (χ3v) is 4.80. The van der Waals surface area contributed by atoms with Gasteiger partial charge in [0.25, 0.3) is 0 Å². The summed E-state index contributed by atoms with van der Waals surface area (Å²) in [5, 5.41) is 3.19. The van der Waals surface area contributed by atoms with Crippen LogP contribution in [0.15, 0.2) is 16.7 Å². The summed E-state index contributed by atoms with van der Waals surface area (Å²) in [5.41, 5.74) is 1.11. The summed E-state index contributed by atoms with van der Waals surface area (Å²) in [6, 6.07) is 2.10. The lowest BCUT2D eigenvalue weighted by atomic mass is 10.0. The van der Waals surface area contributed by atoms with Gasteiger partial charge in [-0.1, -0.05) is 6.92 Å². The summed E-state index contributed by atoms with van der Waals surface area (Å²) >= 11 is 0. The first-order chi connectivity index (χ1) is 8.00. The molecular formula is C12H21NO3S. The molecule has 0 amide bonds. The van der Waals surface area contributed by atoms with Crippen LogP contribution in [-0.2, 0) is 9.84 Å². The van der Waals surface area contributed by atoms with Gasteiger partial charge in [-0.3, -0.25) is 0 Å². The Morgan fingerprint density at radius 3 is 2.65 bits per heavy atom. The minimum absolute atomic E-state index is 0.167. The average molecular weight is 259 g/mol. The maximum absolute atomic E-state index is 11.4. The molecule has 1 rings (SSSR count). The van der Waals surface area contributed by atoms with E-state index in [-0.39, 0.29) is 17.5 Å². The smallest absolute Gasteiger partial charge is 0.150 e. The molecule has 0 fully saturated rings. The normalized spacial score (nSPS) is 13.8. The zero-order chi connectivity index (χ0) is 12.9. The lowest BCUT2D eigenvalue weighted by molar-refractivity contribution is 0.497. The fourth-order valence-electron chi connectivity index (χ4n) is 1.86. The standard InChI is InChI=1S/C12H21NO3S/c1-4-17(14,15)9-5-6-12(13-3)11-7-8-16-10(11)2/h7-8,12-13H,4-6,9H2,1-3H3. The fraction of sp³-hybridized carbons (Fsp3) is 0.667. The van der Waals surface area contributed by atoms with Crippen molar-refractivity contribution in [1.29, 1.82) is 0 Å². The summed E-state index contributed by atoms with van der Waals surface area (Å²) in [6.45, 7) is 3.60. The lowest BCUT2D eigenvalue weighted by Gasteiger charge is -2.15. The summed E-state index contributed by atoms with van der Waals surface area (Å²) in [6.07, 6.45) is 3.14. The summed E-state index contributed by atoms with van der Waals surface area (Å²) < 4.78 is 28.0. The van der Waals surface area contributed by atoms with E-state index in [2.05, 4.69) is 5.32 Å². The molecule has 0 aliphatic carbocycles. The van der Waals surface area contributed by atoms with Crippen molar-refractivity contribution in [1.82, 2.24) is 5.32 Å². The Morgan fingerprint density at radius 1 is 1.47 bits per heavy atom. The van der Waals surface area contributed by atoms with E-state index < -0.39 is 9.84 Å². The van der Waals surface area contributed by atoms with Crippen LogP contribution in [0.3, 0.4) is 0 Å². The molecule has 4 nitrogen and oxygen atoms in total. The molecule has 1 unspecified atom stereocenters. The number of aryl methyl sites for hydroxylation is 1. The number of furan rings is 1. The SMILES string of the molecule is CCS(=O)(=O)CCCC(NC)c1ccoc1C. The number of hydrogen-bond acceptors (Lipinski definition) is 4. The third-order valence-electron chi connectivity index (χ3n) is 3.01. The minimum Gasteiger partial charge on any atom is -0.469 e. The summed E-state index contributed by atoms with van der Waals surface area (Å²) in [7, 11) is -0.973. The summed E-state index contributed by atoms with van der Waals surface area (Å²) in [4.78, 5) is 0. The van der Waals surface area contributed by atoms with Gasteiger partial charge in [-0.25, -0.2) is 8.42 Å². The molecule has 0 saturated carbocycles. The molecule has 0 aliphatic heterocycles. The number of sulfone groups is 1. The van der Waals surface area contributed by atoms with E-state index in [1.807, 2.05) is 20.0 Å². The van der Waals surface area contributed by atoms with Crippen molar-refractivity contribution in [3.8, 4) is 0 Å². The quantitative estimate of drug-likeness (QED) is 0.814. The molecule has 1 heterocycles. The number of rotatable bonds is 7. The predicted molar refractivity (Wildman–Crippen MR) is 68.8 cm³/mol. The number of nitrogens with one attached hydrogen (secondary N) is 1. The highest BCUT2D eigenvalue weighted by molar-refractivity contribution is 7.91. The van der Waals surface area contributed by atoms with E-state index in [0.717, 1.165) is 17.7 Å². The van der Waals surface area contributed by atoms with Crippen LogP contribution in [0, 0.1) is 6.92 Å². The van der Waals surface area contributed by atoms with E-state index in [1.165, 1.54) is 0 Å². The van der Waals surface area contributed by atoms with Crippen LogP contribution in [0.1, 0.15) is 37.1 Å². The monoisotopic (exact) mass is 259 g/mol. The van der Waals surface area contributed by atoms with Gasteiger partial charge in [0.05, 0.1) is 12.0 Å². The van der Waals surface area contributed by atoms with Crippen LogP contribution in [0.5, 0.6) is 0 Å². The Labute approximate surface area is 103 Å². The van der Waals surface area contributed by atoms with Gasteiger partial charge < -0.3 is 9.73 Å². The zero-order valence-corrected chi connectivity index (χ0v) is 11.5. The van der Waals surface area contributed by atoms with Crippen molar-refractivity contribution >= 4 is 9.84 Å². The minimum atomic E-state index is -2.85. The first-order valence-corrected chi connectivity index (χ1v) is 7.74. The maximum Gasteiger partial charge on any atom is 0.150 e. The Hall–Kier alpha value is -0.810. The van der Waals surface area contributed by atoms with Crippen LogP contribution < -0.4 is 5.32 Å². The van der Waals surface area contributed by atoms with Gasteiger partial charge in [0.1, 0.15) is 15.6 Å². The first-order valence-electron chi connectivity index (χ1n) is 5.92. The van der Waals surface area contributed by atoms with E-state index in [9.17, 15) is 8.42 Å². The van der Waals surface area contributed by atoms with Gasteiger partial charge in [0.2, 0.25) is 0 Å². The van der Waals surface area contributed by atoms with Gasteiger partial charge in [-0.2, -0.15) is 0 Å². The average Bonchev–Trinajstić information content (AvgIpc) is 2.71. The van der Waals surface area contributed by atoms with Crippen molar-refractivity contribution < 1.29 is 12.8 Å². The van der Waals surface area contributed by atoms with Crippen LogP contribution in [0.2, 0.25) is 0 Å².